The molecule has 4 bridgehead atoms. The maximum absolute atomic E-state index is 14.2. The molecule has 0 radical (unpaired) electrons. The molecule has 4 aromatic rings. The van der Waals surface area contributed by atoms with Crippen molar-refractivity contribution < 1.29 is 33.4 Å². The monoisotopic (exact) mass is 802 g/mol. The van der Waals surface area contributed by atoms with Crippen LogP contribution in [0.1, 0.15) is 67.3 Å². The van der Waals surface area contributed by atoms with Gasteiger partial charge in [-0.3, -0.25) is 24.0 Å². The SMILES string of the molecule is CCOc1cccc2c1OCC(=O)NC1CCC(CC1)CC(=O)N[C@@H](c1ccccc1)C(=O)N[C@H](Cc1ccccc1)C(=O)N[C@H](C(=O)NC)Cc1ccc(cc1)NC2. The number of benzene rings is 4. The molecule has 0 saturated heterocycles. The Hall–Kier alpha value is -6.37. The standard InChI is InChI=1S/C46H54N6O7/c1-3-58-39-16-10-15-34-28-48-35-21-17-31(18-22-35)26-37(44(55)47-2)50-45(56)38(25-30-11-6-4-7-12-30)51-46(57)42(33-13-8-5-9-14-33)52-40(53)27-32-19-23-36(24-20-32)49-41(54)29-59-43(34)39/h4-18,21-22,32,36-38,42,48H,3,19-20,23-29H2,1-2H3,(H,47,55)(H,49,54)(H,50,56)(H,51,57)(H,52,53)/t32?,36?,37-,38+,42-/m0/s1. The topological polar surface area (TPSA) is 176 Å². The van der Waals surface area contributed by atoms with Crippen molar-refractivity contribution in [3.05, 3.63) is 125 Å². The van der Waals surface area contributed by atoms with Gasteiger partial charge in [-0.15, -0.1) is 0 Å². The van der Waals surface area contributed by atoms with Crippen LogP contribution in [-0.4, -0.2) is 67.9 Å². The fraction of sp³-hybridized carbons (Fsp3) is 0.370. The number of carbonyl (C=O) groups is 5. The third kappa shape index (κ3) is 12.1. The Morgan fingerprint density at radius 3 is 2.15 bits per heavy atom. The van der Waals surface area contributed by atoms with Crippen molar-refractivity contribution >= 4 is 35.2 Å². The molecule has 6 N–H and O–H groups in total. The summed E-state index contributed by atoms with van der Waals surface area (Å²) in [6.07, 6.45) is 3.36. The molecule has 4 heterocycles. The molecule has 13 heteroatoms. The fourth-order valence-corrected chi connectivity index (χ4v) is 7.64. The number of nitrogens with one attached hydrogen (secondary N) is 6. The maximum Gasteiger partial charge on any atom is 0.258 e. The van der Waals surface area contributed by atoms with Crippen LogP contribution in [0.3, 0.4) is 0 Å². The van der Waals surface area contributed by atoms with Crippen molar-refractivity contribution in [1.29, 1.82) is 0 Å². The fourth-order valence-electron chi connectivity index (χ4n) is 7.64. The third-order valence-corrected chi connectivity index (χ3v) is 10.8. The molecule has 4 aliphatic heterocycles. The van der Waals surface area contributed by atoms with Gasteiger partial charge in [0.1, 0.15) is 18.1 Å². The van der Waals surface area contributed by atoms with Gasteiger partial charge >= 0.3 is 0 Å². The molecule has 1 saturated carbocycles. The Kier molecular flexibility index (Phi) is 14.9. The molecular formula is C46H54N6O7. The summed E-state index contributed by atoms with van der Waals surface area (Å²) in [5.41, 5.74) is 3.77. The van der Waals surface area contributed by atoms with Crippen LogP contribution >= 0.6 is 0 Å². The van der Waals surface area contributed by atoms with Crippen molar-refractivity contribution in [2.75, 3.05) is 25.6 Å². The zero-order chi connectivity index (χ0) is 41.6. The third-order valence-electron chi connectivity index (χ3n) is 10.8. The average Bonchev–Trinajstić information content (AvgIpc) is 3.25. The van der Waals surface area contributed by atoms with E-state index in [2.05, 4.69) is 31.9 Å². The smallest absolute Gasteiger partial charge is 0.258 e. The van der Waals surface area contributed by atoms with Crippen molar-refractivity contribution in [3.63, 3.8) is 0 Å². The lowest BCUT2D eigenvalue weighted by atomic mass is 9.84. The number of likely N-dealkylation sites (N-methyl/N-ethyl adjacent to an activating group) is 1. The lowest BCUT2D eigenvalue weighted by Crippen LogP contribution is -2.56. The second-order valence-corrected chi connectivity index (χ2v) is 15.0. The number of ether oxygens (including phenoxy) is 2. The van der Waals surface area contributed by atoms with Crippen LogP contribution in [0.15, 0.2) is 103 Å². The predicted molar refractivity (Wildman–Crippen MR) is 224 cm³/mol. The zero-order valence-electron chi connectivity index (χ0n) is 33.6. The molecule has 13 nitrogen and oxygen atoms in total. The molecule has 0 unspecified atom stereocenters. The Bertz CT molecular complexity index is 2040. The molecule has 310 valence electrons. The maximum atomic E-state index is 14.2. The number of amides is 5. The number of hydrogen-bond acceptors (Lipinski definition) is 8. The molecule has 3 atom stereocenters. The van der Waals surface area contributed by atoms with E-state index in [4.69, 9.17) is 9.47 Å². The van der Waals surface area contributed by atoms with E-state index in [1.54, 1.807) is 24.3 Å². The molecule has 4 aromatic carbocycles. The number of para-hydroxylation sites is 1. The summed E-state index contributed by atoms with van der Waals surface area (Å²) in [6.45, 7) is 2.50. The molecule has 9 rings (SSSR count). The number of anilines is 1. The van der Waals surface area contributed by atoms with Gasteiger partial charge in [-0.1, -0.05) is 84.9 Å². The largest absolute Gasteiger partial charge is 0.490 e. The van der Waals surface area contributed by atoms with Gasteiger partial charge in [0.05, 0.1) is 6.61 Å². The number of rotatable bonds is 6. The van der Waals surface area contributed by atoms with Crippen molar-refractivity contribution in [2.24, 2.45) is 5.92 Å². The molecule has 0 spiro atoms. The van der Waals surface area contributed by atoms with Crippen LogP contribution < -0.4 is 41.4 Å². The second kappa shape index (κ2) is 20.9. The summed E-state index contributed by atoms with van der Waals surface area (Å²) < 4.78 is 12.0. The minimum absolute atomic E-state index is 0.0576. The van der Waals surface area contributed by atoms with Gasteiger partial charge in [0.2, 0.25) is 23.6 Å². The van der Waals surface area contributed by atoms with E-state index in [9.17, 15) is 24.0 Å². The van der Waals surface area contributed by atoms with Crippen LogP contribution in [0, 0.1) is 5.92 Å². The van der Waals surface area contributed by atoms with Gasteiger partial charge in [-0.2, -0.15) is 0 Å². The van der Waals surface area contributed by atoms with Crippen LogP contribution in [-0.2, 0) is 43.4 Å². The Morgan fingerprint density at radius 1 is 0.746 bits per heavy atom. The molecule has 5 amide bonds. The van der Waals surface area contributed by atoms with Gasteiger partial charge < -0.3 is 41.4 Å². The van der Waals surface area contributed by atoms with E-state index in [-0.39, 0.29) is 49.6 Å². The van der Waals surface area contributed by atoms with E-state index < -0.39 is 35.8 Å². The second-order valence-electron chi connectivity index (χ2n) is 15.0. The predicted octanol–water partition coefficient (Wildman–Crippen LogP) is 4.51. The number of carbonyl (C=O) groups excluding carboxylic acids is 5. The van der Waals surface area contributed by atoms with Gasteiger partial charge in [-0.25, -0.2) is 0 Å². The molecule has 0 aromatic heterocycles. The molecule has 5 aliphatic rings. The van der Waals surface area contributed by atoms with E-state index in [0.29, 0.717) is 43.1 Å². The minimum atomic E-state index is -1.08. The molecule has 59 heavy (non-hydrogen) atoms. The molecule has 1 aliphatic carbocycles. The highest BCUT2D eigenvalue weighted by Crippen LogP contribution is 2.33. The summed E-state index contributed by atoms with van der Waals surface area (Å²) in [7, 11) is 1.51. The zero-order valence-corrected chi connectivity index (χ0v) is 33.6. The van der Waals surface area contributed by atoms with Crippen LogP contribution in [0.25, 0.3) is 0 Å². The summed E-state index contributed by atoms with van der Waals surface area (Å²) in [6, 6.07) is 28.2. The summed E-state index contributed by atoms with van der Waals surface area (Å²) >= 11 is 0. The van der Waals surface area contributed by atoms with Gasteiger partial charge in [-0.05, 0) is 73.4 Å². The lowest BCUT2D eigenvalue weighted by Gasteiger charge is -2.29. The van der Waals surface area contributed by atoms with Crippen LogP contribution in [0.5, 0.6) is 11.5 Å². The van der Waals surface area contributed by atoms with Gasteiger partial charge in [0, 0.05) is 50.1 Å². The molecular weight excluding hydrogens is 749 g/mol. The quantitative estimate of drug-likeness (QED) is 0.165. The van der Waals surface area contributed by atoms with Crippen LogP contribution in [0.2, 0.25) is 0 Å². The Morgan fingerprint density at radius 2 is 1.46 bits per heavy atom. The summed E-state index contributed by atoms with van der Waals surface area (Å²) in [4.78, 5) is 68.4. The van der Waals surface area contributed by atoms with Crippen molar-refractivity contribution in [2.45, 2.75) is 82.6 Å². The molecule has 1 fully saturated rings. The summed E-state index contributed by atoms with van der Waals surface area (Å²) in [5.74, 6) is -0.942. The van der Waals surface area contributed by atoms with Crippen molar-refractivity contribution in [3.8, 4) is 11.5 Å². The number of hydrogen-bond donors (Lipinski definition) is 6. The highest BCUT2D eigenvalue weighted by atomic mass is 16.5. The minimum Gasteiger partial charge on any atom is -0.490 e. The van der Waals surface area contributed by atoms with E-state index in [1.165, 1.54) is 7.05 Å². The van der Waals surface area contributed by atoms with Gasteiger partial charge in [0.15, 0.2) is 18.1 Å². The van der Waals surface area contributed by atoms with E-state index in [0.717, 1.165) is 35.2 Å². The average molecular weight is 803 g/mol. The Balaban J connectivity index is 1.28. The summed E-state index contributed by atoms with van der Waals surface area (Å²) in [5, 5.41) is 17.9. The van der Waals surface area contributed by atoms with Crippen molar-refractivity contribution in [1.82, 2.24) is 26.6 Å². The first-order valence-corrected chi connectivity index (χ1v) is 20.4. The first-order chi connectivity index (χ1) is 28.7. The Labute approximate surface area is 345 Å². The highest BCUT2D eigenvalue weighted by molar-refractivity contribution is 5.95. The van der Waals surface area contributed by atoms with E-state index >= 15 is 0 Å². The first kappa shape index (κ1) is 42.2. The highest BCUT2D eigenvalue weighted by Gasteiger charge is 2.32. The normalized spacial score (nSPS) is 22.2. The lowest BCUT2D eigenvalue weighted by molar-refractivity contribution is -0.134. The van der Waals surface area contributed by atoms with Crippen LogP contribution in [0.4, 0.5) is 5.69 Å². The first-order valence-electron chi connectivity index (χ1n) is 20.4. The van der Waals surface area contributed by atoms with E-state index in [1.807, 2.05) is 85.8 Å². The van der Waals surface area contributed by atoms with Gasteiger partial charge in [0.25, 0.3) is 5.91 Å².